The number of unbranched alkanes of at least 4 members (excludes halogenated alkanes) is 3. The van der Waals surface area contributed by atoms with Gasteiger partial charge < -0.3 is 44.8 Å². The molecule has 2 aliphatic heterocycles. The third-order valence-corrected chi connectivity index (χ3v) is 12.3. The van der Waals surface area contributed by atoms with E-state index in [1.165, 1.54) is 43.2 Å². The molecule has 3 aromatic rings. The molecule has 2 unspecified atom stereocenters. The van der Waals surface area contributed by atoms with Gasteiger partial charge in [0.15, 0.2) is 17.1 Å². The maximum atomic E-state index is 13.6. The Morgan fingerprint density at radius 2 is 1.71 bits per heavy atom. The number of nitrogen functional groups attached to an aromatic ring is 1. The number of phosphoric ester groups is 1. The van der Waals surface area contributed by atoms with E-state index in [0.717, 1.165) is 6.07 Å². The van der Waals surface area contributed by atoms with Crippen LogP contribution in [0, 0.1) is 5.92 Å². The first-order valence-electron chi connectivity index (χ1n) is 18.8. The van der Waals surface area contributed by atoms with Crippen molar-refractivity contribution in [3.63, 3.8) is 0 Å². The fraction of sp³-hybridized carbons (Fsp3) is 0.359. The molecule has 1 saturated heterocycles. The summed E-state index contributed by atoms with van der Waals surface area (Å²) in [5, 5.41) is 22.7. The molecular formula is C39H39Cl4N4O14P. The Morgan fingerprint density at radius 1 is 1.00 bits per heavy atom. The first kappa shape index (κ1) is 46.9. The second kappa shape index (κ2) is 19.4. The zero-order valence-corrected chi connectivity index (χ0v) is 37.0. The van der Waals surface area contributed by atoms with E-state index in [1.54, 1.807) is 0 Å². The molecule has 62 heavy (non-hydrogen) atoms. The van der Waals surface area contributed by atoms with Gasteiger partial charge in [-0.05, 0) is 49.4 Å². The number of carboxylic acid groups (broad SMARTS) is 1. The van der Waals surface area contributed by atoms with Gasteiger partial charge in [-0.25, -0.2) is 14.2 Å². The summed E-state index contributed by atoms with van der Waals surface area (Å²) in [7, 11) is -2.02. The van der Waals surface area contributed by atoms with Crippen LogP contribution in [0.3, 0.4) is 0 Å². The number of aromatic carboxylic acids is 1. The number of hydrogen-bond acceptors (Lipinski definition) is 14. The Labute approximate surface area is 372 Å². The molecule has 1 aromatic heterocycles. The van der Waals surface area contributed by atoms with E-state index in [4.69, 9.17) is 79.8 Å². The minimum atomic E-state index is -4.43. The van der Waals surface area contributed by atoms with Gasteiger partial charge in [-0.15, -0.1) is 0 Å². The molecule has 332 valence electrons. The second-order valence-corrected chi connectivity index (χ2v) is 17.2. The Bertz CT molecular complexity index is 2700. The van der Waals surface area contributed by atoms with Crippen molar-refractivity contribution in [2.24, 2.45) is 5.92 Å². The number of hydrogen-bond donors (Lipinski definition) is 5. The number of phenolic OH excluding ortho intramolecular Hbond substituents is 1. The van der Waals surface area contributed by atoms with Crippen LogP contribution < -0.4 is 31.6 Å². The number of aromatic nitrogens is 2. The number of nitrogens with two attached hydrogens (primary N) is 1. The quantitative estimate of drug-likeness (QED) is 0.0338. The zero-order valence-electron chi connectivity index (χ0n) is 33.0. The lowest BCUT2D eigenvalue weighted by atomic mass is 9.88. The van der Waals surface area contributed by atoms with Gasteiger partial charge in [0.1, 0.15) is 12.0 Å². The maximum Gasteiger partial charge on any atom is 0.472 e. The fourth-order valence-corrected chi connectivity index (χ4v) is 8.82. The predicted molar refractivity (Wildman–Crippen MR) is 229 cm³/mol. The summed E-state index contributed by atoms with van der Waals surface area (Å²) in [5.74, 6) is -3.65. The van der Waals surface area contributed by atoms with Crippen molar-refractivity contribution in [3.8, 4) is 39.7 Å². The Balaban J connectivity index is 1.11. The number of phosphoric acid groups is 1. The van der Waals surface area contributed by atoms with Crippen molar-refractivity contribution in [3.05, 3.63) is 82.4 Å². The van der Waals surface area contributed by atoms with Crippen LogP contribution in [0.1, 0.15) is 66.0 Å². The average Bonchev–Trinajstić information content (AvgIpc) is 3.58. The number of carbonyl (C=O) groups excluding carboxylic acids is 1. The molecule has 0 radical (unpaired) electrons. The van der Waals surface area contributed by atoms with E-state index in [9.17, 15) is 38.8 Å². The number of rotatable bonds is 17. The van der Waals surface area contributed by atoms with E-state index in [0.29, 0.717) is 32.1 Å². The molecule has 1 amide bonds. The van der Waals surface area contributed by atoms with Gasteiger partial charge >= 0.3 is 19.5 Å². The molecule has 1 aliphatic carbocycles. The summed E-state index contributed by atoms with van der Waals surface area (Å²) >= 11 is 26.2. The minimum absolute atomic E-state index is 0.0203. The lowest BCUT2D eigenvalue weighted by Crippen LogP contribution is -2.28. The van der Waals surface area contributed by atoms with Crippen LogP contribution in [-0.4, -0.2) is 76.6 Å². The van der Waals surface area contributed by atoms with Crippen LogP contribution >= 0.6 is 54.2 Å². The van der Waals surface area contributed by atoms with Crippen LogP contribution in [0.15, 0.2) is 44.5 Å². The van der Waals surface area contributed by atoms with Crippen molar-refractivity contribution >= 4 is 82.9 Å². The topological polar surface area (TPSA) is 261 Å². The summed E-state index contributed by atoms with van der Waals surface area (Å²) in [6.07, 6.45) is 2.66. The lowest BCUT2D eigenvalue weighted by molar-refractivity contribution is -0.0324. The van der Waals surface area contributed by atoms with Crippen molar-refractivity contribution < 1.29 is 56.9 Å². The number of phenols is 1. The number of anilines is 1. The van der Waals surface area contributed by atoms with E-state index < -0.39 is 54.5 Å². The number of nitrogens with zero attached hydrogens (tertiary/aromatic N) is 2. The first-order valence-corrected chi connectivity index (χ1v) is 21.8. The highest BCUT2D eigenvalue weighted by Crippen LogP contribution is 2.53. The Kier molecular flexibility index (Phi) is 14.7. The highest BCUT2D eigenvalue weighted by molar-refractivity contribution is 7.47. The number of methoxy groups -OCH3 is 2. The SMILES string of the molecule is COc1c2oc3c(OC)c(O)c(Cl)cc3c(-c3c(Cl)c(C(=O)NCCCCCCOP(=O)(O)OC[C@H]4O[C@@H](n5ccc(N)nc5=O)CC4C)cc(Cl)c3C(=O)O)c-2cc(Cl)c1=O. The van der Waals surface area contributed by atoms with E-state index in [-0.39, 0.29) is 102 Å². The lowest BCUT2D eigenvalue weighted by Gasteiger charge is -2.22. The number of amides is 1. The first-order chi connectivity index (χ1) is 29.4. The zero-order chi connectivity index (χ0) is 45.2. The molecule has 6 rings (SSSR count). The van der Waals surface area contributed by atoms with Gasteiger partial charge in [0.25, 0.3) is 5.91 Å². The third kappa shape index (κ3) is 9.63. The molecule has 3 heterocycles. The highest BCUT2D eigenvalue weighted by atomic mass is 35.5. The number of benzene rings is 3. The number of carboxylic acids is 1. The fourth-order valence-electron chi connectivity index (χ4n) is 7.04. The van der Waals surface area contributed by atoms with Crippen LogP contribution in [0.5, 0.6) is 17.2 Å². The van der Waals surface area contributed by atoms with Gasteiger partial charge in [-0.3, -0.25) is 23.2 Å². The molecule has 0 spiro atoms. The maximum absolute atomic E-state index is 13.6. The summed E-state index contributed by atoms with van der Waals surface area (Å²) < 4.78 is 46.8. The highest BCUT2D eigenvalue weighted by Gasteiger charge is 2.37. The summed E-state index contributed by atoms with van der Waals surface area (Å²) in [5.41, 5.74) is 3.02. The number of fused-ring (bicyclic) bond motifs is 2. The van der Waals surface area contributed by atoms with Crippen molar-refractivity contribution in [2.75, 3.05) is 39.7 Å². The summed E-state index contributed by atoms with van der Waals surface area (Å²) in [4.78, 5) is 65.6. The molecule has 2 aromatic carbocycles. The van der Waals surface area contributed by atoms with Gasteiger partial charge in [0.2, 0.25) is 16.9 Å². The van der Waals surface area contributed by atoms with Crippen molar-refractivity contribution in [2.45, 2.75) is 51.4 Å². The third-order valence-electron chi connectivity index (χ3n) is 10.1. The van der Waals surface area contributed by atoms with E-state index in [2.05, 4.69) is 10.3 Å². The van der Waals surface area contributed by atoms with Crippen LogP contribution in [-0.2, 0) is 18.3 Å². The molecule has 0 saturated carbocycles. The monoisotopic (exact) mass is 958 g/mol. The molecule has 3 aliphatic rings. The molecular weight excluding hydrogens is 921 g/mol. The number of nitrogens with one attached hydrogen (secondary N) is 1. The Hall–Kier alpha value is -4.62. The normalized spacial score (nSPS) is 17.3. The van der Waals surface area contributed by atoms with Gasteiger partial charge in [-0.2, -0.15) is 4.98 Å². The average molecular weight is 961 g/mol. The Morgan fingerprint density at radius 3 is 2.39 bits per heavy atom. The van der Waals surface area contributed by atoms with Gasteiger partial charge in [0, 0.05) is 34.8 Å². The van der Waals surface area contributed by atoms with Gasteiger partial charge in [0.05, 0.1) is 64.8 Å². The summed E-state index contributed by atoms with van der Waals surface area (Å²) in [6, 6.07) is 5.04. The second-order valence-electron chi connectivity index (χ2n) is 14.1. The van der Waals surface area contributed by atoms with Crippen molar-refractivity contribution in [1.29, 1.82) is 0 Å². The van der Waals surface area contributed by atoms with E-state index in [1.807, 2.05) is 6.92 Å². The smallest absolute Gasteiger partial charge is 0.472 e. The number of aromatic hydroxyl groups is 1. The number of carbonyl (C=O) groups is 2. The molecule has 6 N–H and O–H groups in total. The molecule has 4 atom stereocenters. The van der Waals surface area contributed by atoms with Crippen LogP contribution in [0.4, 0.5) is 5.82 Å². The minimum Gasteiger partial charge on any atom is -0.503 e. The van der Waals surface area contributed by atoms with Crippen molar-refractivity contribution in [1.82, 2.24) is 14.9 Å². The van der Waals surface area contributed by atoms with Gasteiger partial charge in [-0.1, -0.05) is 66.2 Å². The predicted octanol–water partition coefficient (Wildman–Crippen LogP) is 7.79. The molecule has 1 fully saturated rings. The number of halogens is 4. The van der Waals surface area contributed by atoms with E-state index >= 15 is 0 Å². The summed E-state index contributed by atoms with van der Waals surface area (Å²) in [6.45, 7) is 1.67. The molecule has 23 heteroatoms. The standard InChI is InChI=1S/C39H39Cl4N4O14P/c1-17-12-26(47-10-8-25(44)46-39(47)53)60-24(17)16-59-62(54,55)58-11-7-5-4-6-9-45-37(50)20-15-21(40)28(38(51)52)29(30(20)43)27-18-13-22(41)31(48)35(56-2)33(18)61-34-19(27)14-23(42)32(49)36(34)57-3/h8,10,13-15,17,24,26,48H,4-7,9,11-12,16H2,1-3H3,(H,45,50)(H,51,52)(H,54,55)(H2,44,46,53)/t17?,24-,26-/m1/s1. The van der Waals surface area contributed by atoms with Crippen LogP contribution in [0.25, 0.3) is 33.4 Å². The number of ether oxygens (including phenoxy) is 3. The molecule has 18 nitrogen and oxygen atoms in total. The molecule has 0 bridgehead atoms. The largest absolute Gasteiger partial charge is 0.503 e. The van der Waals surface area contributed by atoms with Crippen LogP contribution in [0.2, 0.25) is 20.1 Å².